The SMILES string of the molecule is Cc1ccc(N=C2NC(=O)C(=Cc3c(C)nn(CC(C)C)c3Cl)S2)cc1. The molecule has 5 nitrogen and oxygen atoms in total. The highest BCUT2D eigenvalue weighted by Gasteiger charge is 2.25. The van der Waals surface area contributed by atoms with Crippen LogP contribution in [0, 0.1) is 19.8 Å². The number of aryl methyl sites for hydroxylation is 2. The van der Waals surface area contributed by atoms with Crippen LogP contribution >= 0.6 is 23.4 Å². The molecule has 0 atom stereocenters. The minimum atomic E-state index is -0.173. The number of aliphatic imine (C=N–C) groups is 1. The summed E-state index contributed by atoms with van der Waals surface area (Å²) in [5.74, 6) is 0.262. The van der Waals surface area contributed by atoms with E-state index in [2.05, 4.69) is 29.3 Å². The summed E-state index contributed by atoms with van der Waals surface area (Å²) in [4.78, 5) is 17.3. The van der Waals surface area contributed by atoms with Crippen LogP contribution in [0.3, 0.4) is 0 Å². The fraction of sp³-hybridized carbons (Fsp3) is 0.316. The fourth-order valence-corrected chi connectivity index (χ4v) is 3.67. The summed E-state index contributed by atoms with van der Waals surface area (Å²) in [5.41, 5.74) is 3.56. The highest BCUT2D eigenvalue weighted by molar-refractivity contribution is 8.18. The maximum absolute atomic E-state index is 12.3. The summed E-state index contributed by atoms with van der Waals surface area (Å²) < 4.78 is 1.78. The summed E-state index contributed by atoms with van der Waals surface area (Å²) in [7, 11) is 0. The van der Waals surface area contributed by atoms with Crippen LogP contribution in [0.25, 0.3) is 6.08 Å². The predicted molar refractivity (Wildman–Crippen MR) is 109 cm³/mol. The third-order valence-electron chi connectivity index (χ3n) is 3.84. The Labute approximate surface area is 162 Å². The average Bonchev–Trinajstić information content (AvgIpc) is 3.04. The van der Waals surface area contributed by atoms with E-state index in [1.165, 1.54) is 17.3 Å². The number of hydrogen-bond donors (Lipinski definition) is 1. The van der Waals surface area contributed by atoms with Crippen molar-refractivity contribution in [3.8, 4) is 0 Å². The van der Waals surface area contributed by atoms with Crippen molar-refractivity contribution >= 4 is 46.2 Å². The molecule has 1 aromatic carbocycles. The highest BCUT2D eigenvalue weighted by Crippen LogP contribution is 2.31. The van der Waals surface area contributed by atoms with Crippen LogP contribution in [0.5, 0.6) is 0 Å². The first kappa shape index (κ1) is 18.7. The van der Waals surface area contributed by atoms with Crippen LogP contribution in [-0.2, 0) is 11.3 Å². The fourth-order valence-electron chi connectivity index (χ4n) is 2.55. The third-order valence-corrected chi connectivity index (χ3v) is 5.15. The topological polar surface area (TPSA) is 59.3 Å². The Balaban J connectivity index is 1.85. The van der Waals surface area contributed by atoms with Crippen molar-refractivity contribution in [3.05, 3.63) is 51.1 Å². The molecule has 1 saturated heterocycles. The molecular weight excluding hydrogens is 368 g/mol. The van der Waals surface area contributed by atoms with Crippen molar-refractivity contribution in [1.82, 2.24) is 15.1 Å². The van der Waals surface area contributed by atoms with Gasteiger partial charge < -0.3 is 5.32 Å². The lowest BCUT2D eigenvalue weighted by atomic mass is 10.2. The standard InChI is InChI=1S/C19H21ClN4OS/c1-11(2)10-24-17(20)15(13(4)23-24)9-16-18(25)22-19(26-16)21-14-7-5-12(3)6-8-14/h5-9,11H,10H2,1-4H3,(H,21,22,25). The Bertz CT molecular complexity index is 897. The predicted octanol–water partition coefficient (Wildman–Crippen LogP) is 4.70. The first-order valence-electron chi connectivity index (χ1n) is 8.42. The van der Waals surface area contributed by atoms with Gasteiger partial charge in [0.05, 0.1) is 16.3 Å². The lowest BCUT2D eigenvalue weighted by Crippen LogP contribution is -2.19. The molecule has 0 aliphatic carbocycles. The van der Waals surface area contributed by atoms with Gasteiger partial charge in [-0.1, -0.05) is 43.1 Å². The van der Waals surface area contributed by atoms with Crippen molar-refractivity contribution in [3.63, 3.8) is 0 Å². The molecule has 1 aliphatic heterocycles. The number of amidine groups is 1. The van der Waals surface area contributed by atoms with Gasteiger partial charge in [0.1, 0.15) is 5.15 Å². The van der Waals surface area contributed by atoms with Gasteiger partial charge in [-0.05, 0) is 49.7 Å². The van der Waals surface area contributed by atoms with E-state index in [1.54, 1.807) is 10.8 Å². The summed E-state index contributed by atoms with van der Waals surface area (Å²) >= 11 is 7.77. The molecule has 1 aromatic heterocycles. The number of rotatable bonds is 4. The molecule has 136 valence electrons. The maximum atomic E-state index is 12.3. The van der Waals surface area contributed by atoms with Crippen molar-refractivity contribution in [1.29, 1.82) is 0 Å². The lowest BCUT2D eigenvalue weighted by molar-refractivity contribution is -0.115. The Hall–Kier alpha value is -2.05. The monoisotopic (exact) mass is 388 g/mol. The number of nitrogens with one attached hydrogen (secondary N) is 1. The van der Waals surface area contributed by atoms with E-state index < -0.39 is 0 Å². The van der Waals surface area contributed by atoms with Gasteiger partial charge in [-0.3, -0.25) is 9.48 Å². The van der Waals surface area contributed by atoms with Crippen LogP contribution in [0.2, 0.25) is 5.15 Å². The first-order valence-corrected chi connectivity index (χ1v) is 9.62. The van der Waals surface area contributed by atoms with E-state index in [0.29, 0.717) is 21.1 Å². The molecule has 1 N–H and O–H groups in total. The summed E-state index contributed by atoms with van der Waals surface area (Å²) in [5, 5.41) is 8.40. The summed E-state index contributed by atoms with van der Waals surface area (Å²) in [6.07, 6.45) is 1.79. The summed E-state index contributed by atoms with van der Waals surface area (Å²) in [6, 6.07) is 7.83. The van der Waals surface area contributed by atoms with Gasteiger partial charge in [0.2, 0.25) is 0 Å². The van der Waals surface area contributed by atoms with Gasteiger partial charge in [0, 0.05) is 12.1 Å². The van der Waals surface area contributed by atoms with Crippen molar-refractivity contribution < 1.29 is 4.79 Å². The molecule has 7 heteroatoms. The Morgan fingerprint density at radius 2 is 2.00 bits per heavy atom. The quantitative estimate of drug-likeness (QED) is 0.772. The van der Waals surface area contributed by atoms with Gasteiger partial charge in [0.15, 0.2) is 5.17 Å². The van der Waals surface area contributed by atoms with E-state index in [4.69, 9.17) is 11.6 Å². The number of benzene rings is 1. The minimum Gasteiger partial charge on any atom is -0.300 e. The molecule has 0 bridgehead atoms. The van der Waals surface area contributed by atoms with E-state index in [-0.39, 0.29) is 5.91 Å². The van der Waals surface area contributed by atoms with Crippen LogP contribution in [0.15, 0.2) is 34.2 Å². The number of aromatic nitrogens is 2. The normalized spacial score (nSPS) is 17.5. The van der Waals surface area contributed by atoms with E-state index >= 15 is 0 Å². The number of carbonyl (C=O) groups excluding carboxylic acids is 1. The third kappa shape index (κ3) is 4.19. The second-order valence-corrected chi connectivity index (χ2v) is 8.07. The van der Waals surface area contributed by atoms with E-state index in [9.17, 15) is 4.79 Å². The summed E-state index contributed by atoms with van der Waals surface area (Å²) in [6.45, 7) is 8.88. The molecular formula is C19H21ClN4OS. The maximum Gasteiger partial charge on any atom is 0.264 e. The number of amides is 1. The first-order chi connectivity index (χ1) is 12.3. The van der Waals surface area contributed by atoms with Crippen LogP contribution in [0.4, 0.5) is 5.69 Å². The highest BCUT2D eigenvalue weighted by atomic mass is 35.5. The Morgan fingerprint density at radius 1 is 1.31 bits per heavy atom. The molecule has 0 spiro atoms. The van der Waals surface area contributed by atoms with Crippen molar-refractivity contribution in [2.75, 3.05) is 0 Å². The molecule has 26 heavy (non-hydrogen) atoms. The van der Waals surface area contributed by atoms with Crippen molar-refractivity contribution in [2.24, 2.45) is 10.9 Å². The molecule has 0 unspecified atom stereocenters. The molecule has 3 rings (SSSR count). The van der Waals surface area contributed by atoms with Gasteiger partial charge in [-0.25, -0.2) is 4.99 Å². The molecule has 1 amide bonds. The molecule has 2 heterocycles. The largest absolute Gasteiger partial charge is 0.300 e. The number of carbonyl (C=O) groups is 1. The van der Waals surface area contributed by atoms with E-state index in [1.807, 2.05) is 38.1 Å². The molecule has 1 fully saturated rings. The molecule has 0 radical (unpaired) electrons. The smallest absolute Gasteiger partial charge is 0.264 e. The van der Waals surface area contributed by atoms with Crippen molar-refractivity contribution in [2.45, 2.75) is 34.2 Å². The Kier molecular flexibility index (Phi) is 5.53. The number of thioether (sulfide) groups is 1. The van der Waals surface area contributed by atoms with Gasteiger partial charge >= 0.3 is 0 Å². The van der Waals surface area contributed by atoms with Crippen LogP contribution in [-0.4, -0.2) is 20.9 Å². The lowest BCUT2D eigenvalue weighted by Gasteiger charge is -2.05. The molecule has 2 aromatic rings. The number of hydrogen-bond acceptors (Lipinski definition) is 4. The second-order valence-electron chi connectivity index (χ2n) is 6.68. The number of halogens is 1. The van der Waals surface area contributed by atoms with Gasteiger partial charge in [-0.2, -0.15) is 5.10 Å². The van der Waals surface area contributed by atoms with Gasteiger partial charge in [-0.15, -0.1) is 0 Å². The minimum absolute atomic E-state index is 0.173. The molecule has 1 aliphatic rings. The zero-order valence-corrected chi connectivity index (χ0v) is 16.8. The van der Waals surface area contributed by atoms with Crippen LogP contribution < -0.4 is 5.32 Å². The zero-order chi connectivity index (χ0) is 18.8. The zero-order valence-electron chi connectivity index (χ0n) is 15.2. The molecule has 0 saturated carbocycles. The van der Waals surface area contributed by atoms with E-state index in [0.717, 1.165) is 23.5 Å². The average molecular weight is 389 g/mol. The second kappa shape index (κ2) is 7.68. The van der Waals surface area contributed by atoms with Gasteiger partial charge in [0.25, 0.3) is 5.91 Å². The number of nitrogens with zero attached hydrogens (tertiary/aromatic N) is 3. The van der Waals surface area contributed by atoms with Crippen LogP contribution in [0.1, 0.15) is 30.7 Å². The Morgan fingerprint density at radius 3 is 2.65 bits per heavy atom.